The normalized spacial score (nSPS) is 13.0. The Labute approximate surface area is 122 Å². The molecule has 0 radical (unpaired) electrons. The molecule has 98 valence electrons. The monoisotopic (exact) mass is 358 g/mol. The molecule has 0 aliphatic carbocycles. The zero-order valence-electron chi connectivity index (χ0n) is 11.5. The first-order chi connectivity index (χ1) is 8.13. The predicted octanol–water partition coefficient (Wildman–Crippen LogP) is 4.50. The number of Topliss-reactive ketones (excluding diaryl/α,β-unsaturated/α-hetero) is 1. The van der Waals surface area contributed by atoms with Gasteiger partial charge >= 0.3 is 0 Å². The van der Waals surface area contributed by atoms with Gasteiger partial charge in [0.15, 0.2) is 5.78 Å². The Balaban J connectivity index is 3.03. The summed E-state index contributed by atoms with van der Waals surface area (Å²) in [6.07, 6.45) is 0. The lowest BCUT2D eigenvalue weighted by Crippen LogP contribution is -2.30. The van der Waals surface area contributed by atoms with Crippen LogP contribution in [0.5, 0.6) is 0 Å². The Kier molecular flexibility index (Phi) is 4.64. The van der Waals surface area contributed by atoms with Gasteiger partial charge in [0.25, 0.3) is 0 Å². The summed E-state index contributed by atoms with van der Waals surface area (Å²) in [4.78, 5) is 12.4. The standard InChI is InChI=1S/C14H19IN2O/c1-13(2,3)16-17-14(4,5)12(18)10-8-6-7-9-11(10)15/h6-9H,1-5H3. The van der Waals surface area contributed by atoms with Crippen LogP contribution in [0.2, 0.25) is 0 Å². The lowest BCUT2D eigenvalue weighted by Gasteiger charge is -2.20. The van der Waals surface area contributed by atoms with Crippen molar-refractivity contribution in [1.82, 2.24) is 0 Å². The number of carbonyl (C=O) groups excluding carboxylic acids is 1. The van der Waals surface area contributed by atoms with E-state index in [1.165, 1.54) is 0 Å². The first kappa shape index (κ1) is 15.3. The third-order valence-electron chi connectivity index (χ3n) is 2.27. The van der Waals surface area contributed by atoms with Crippen LogP contribution in [0, 0.1) is 3.57 Å². The lowest BCUT2D eigenvalue weighted by molar-refractivity contribution is 0.0907. The van der Waals surface area contributed by atoms with Gasteiger partial charge < -0.3 is 0 Å². The van der Waals surface area contributed by atoms with Crippen LogP contribution < -0.4 is 0 Å². The molecule has 0 N–H and O–H groups in total. The van der Waals surface area contributed by atoms with Gasteiger partial charge in [-0.15, -0.1) is 0 Å². The second kappa shape index (κ2) is 5.47. The molecule has 0 amide bonds. The minimum absolute atomic E-state index is 0.000463. The molecule has 0 saturated carbocycles. The van der Waals surface area contributed by atoms with E-state index in [4.69, 9.17) is 0 Å². The SMILES string of the molecule is CC(C)(C)N=NC(C)(C)C(=O)c1ccccc1I. The summed E-state index contributed by atoms with van der Waals surface area (Å²) in [5.74, 6) is 0.000463. The first-order valence-corrected chi connectivity index (χ1v) is 6.95. The van der Waals surface area contributed by atoms with Gasteiger partial charge in [0.1, 0.15) is 5.54 Å². The van der Waals surface area contributed by atoms with E-state index in [-0.39, 0.29) is 11.3 Å². The van der Waals surface area contributed by atoms with Gasteiger partial charge in [0, 0.05) is 9.13 Å². The van der Waals surface area contributed by atoms with Crippen molar-refractivity contribution in [1.29, 1.82) is 0 Å². The number of nitrogens with zero attached hydrogens (tertiary/aromatic N) is 2. The highest BCUT2D eigenvalue weighted by Crippen LogP contribution is 2.23. The zero-order valence-corrected chi connectivity index (χ0v) is 13.6. The summed E-state index contributed by atoms with van der Waals surface area (Å²) in [5.41, 5.74) is -0.383. The van der Waals surface area contributed by atoms with Crippen LogP contribution in [0.3, 0.4) is 0 Å². The van der Waals surface area contributed by atoms with E-state index in [0.29, 0.717) is 5.56 Å². The maximum Gasteiger partial charge on any atom is 0.192 e. The lowest BCUT2D eigenvalue weighted by atomic mass is 9.94. The summed E-state index contributed by atoms with van der Waals surface area (Å²) in [6.45, 7) is 9.48. The van der Waals surface area contributed by atoms with Crippen molar-refractivity contribution in [2.45, 2.75) is 45.7 Å². The summed E-state index contributed by atoms with van der Waals surface area (Å²) in [6, 6.07) is 7.54. The summed E-state index contributed by atoms with van der Waals surface area (Å²) >= 11 is 2.17. The van der Waals surface area contributed by atoms with Crippen molar-refractivity contribution in [2.24, 2.45) is 10.2 Å². The first-order valence-electron chi connectivity index (χ1n) is 5.87. The molecular formula is C14H19IN2O. The fraction of sp³-hybridized carbons (Fsp3) is 0.500. The molecular weight excluding hydrogens is 339 g/mol. The molecule has 0 aromatic heterocycles. The number of benzene rings is 1. The molecule has 1 aromatic rings. The Morgan fingerprint density at radius 2 is 1.61 bits per heavy atom. The molecule has 0 unspecified atom stereocenters. The fourth-order valence-corrected chi connectivity index (χ4v) is 1.93. The number of azo groups is 1. The Morgan fingerprint density at radius 3 is 2.11 bits per heavy atom. The molecule has 18 heavy (non-hydrogen) atoms. The Bertz CT molecular complexity index is 473. The number of hydrogen-bond donors (Lipinski definition) is 0. The maximum absolute atomic E-state index is 12.4. The van der Waals surface area contributed by atoms with Crippen LogP contribution >= 0.6 is 22.6 Å². The second-order valence-electron chi connectivity index (χ2n) is 5.74. The maximum atomic E-state index is 12.4. The van der Waals surface area contributed by atoms with Crippen molar-refractivity contribution >= 4 is 28.4 Å². The summed E-state index contributed by atoms with van der Waals surface area (Å²) in [7, 11) is 0. The van der Waals surface area contributed by atoms with E-state index in [9.17, 15) is 4.79 Å². The second-order valence-corrected chi connectivity index (χ2v) is 6.90. The third-order valence-corrected chi connectivity index (χ3v) is 3.21. The van der Waals surface area contributed by atoms with Gasteiger partial charge in [-0.2, -0.15) is 10.2 Å². The van der Waals surface area contributed by atoms with E-state index >= 15 is 0 Å². The molecule has 0 saturated heterocycles. The fourth-order valence-electron chi connectivity index (χ4n) is 1.30. The van der Waals surface area contributed by atoms with Gasteiger partial charge in [-0.3, -0.25) is 4.79 Å². The molecule has 4 heteroatoms. The van der Waals surface area contributed by atoms with Gasteiger partial charge in [-0.05, 0) is 63.3 Å². The number of hydrogen-bond acceptors (Lipinski definition) is 3. The van der Waals surface area contributed by atoms with Gasteiger partial charge in [0.2, 0.25) is 0 Å². The Hall–Kier alpha value is -0.780. The molecule has 0 aliphatic heterocycles. The molecule has 1 aromatic carbocycles. The van der Waals surface area contributed by atoms with Crippen LogP contribution in [-0.2, 0) is 0 Å². The molecule has 0 fully saturated rings. The number of ketones is 1. The molecule has 0 bridgehead atoms. The van der Waals surface area contributed by atoms with E-state index < -0.39 is 5.54 Å². The molecule has 0 atom stereocenters. The van der Waals surface area contributed by atoms with Crippen LogP contribution in [0.1, 0.15) is 45.0 Å². The molecule has 0 heterocycles. The summed E-state index contributed by atoms with van der Waals surface area (Å²) in [5, 5.41) is 8.42. The average molecular weight is 358 g/mol. The highest BCUT2D eigenvalue weighted by atomic mass is 127. The van der Waals surface area contributed by atoms with E-state index in [1.807, 2.05) is 45.0 Å². The van der Waals surface area contributed by atoms with Crippen molar-refractivity contribution in [2.75, 3.05) is 0 Å². The third kappa shape index (κ3) is 4.15. The molecule has 1 rings (SSSR count). The smallest absolute Gasteiger partial charge is 0.192 e. The van der Waals surface area contributed by atoms with Crippen LogP contribution in [-0.4, -0.2) is 16.9 Å². The molecule has 0 spiro atoms. The van der Waals surface area contributed by atoms with Gasteiger partial charge in [-0.25, -0.2) is 0 Å². The van der Waals surface area contributed by atoms with Crippen molar-refractivity contribution in [3.8, 4) is 0 Å². The van der Waals surface area contributed by atoms with E-state index in [2.05, 4.69) is 32.8 Å². The van der Waals surface area contributed by atoms with Crippen LogP contribution in [0.4, 0.5) is 0 Å². The number of rotatable bonds is 3. The van der Waals surface area contributed by atoms with Crippen LogP contribution in [0.25, 0.3) is 0 Å². The van der Waals surface area contributed by atoms with Crippen molar-refractivity contribution in [3.63, 3.8) is 0 Å². The van der Waals surface area contributed by atoms with Gasteiger partial charge in [-0.1, -0.05) is 18.2 Å². The molecule has 0 aliphatic rings. The van der Waals surface area contributed by atoms with E-state index in [1.54, 1.807) is 13.8 Å². The zero-order chi connectivity index (χ0) is 14.0. The Morgan fingerprint density at radius 1 is 1.06 bits per heavy atom. The topological polar surface area (TPSA) is 41.8 Å². The van der Waals surface area contributed by atoms with Crippen molar-refractivity contribution in [3.05, 3.63) is 33.4 Å². The highest BCUT2D eigenvalue weighted by molar-refractivity contribution is 14.1. The number of halogens is 1. The van der Waals surface area contributed by atoms with Gasteiger partial charge in [0.05, 0.1) is 5.54 Å². The average Bonchev–Trinajstić information content (AvgIpc) is 2.25. The van der Waals surface area contributed by atoms with Crippen molar-refractivity contribution < 1.29 is 4.79 Å². The quantitative estimate of drug-likeness (QED) is 0.446. The predicted molar refractivity (Wildman–Crippen MR) is 82.2 cm³/mol. The van der Waals surface area contributed by atoms with E-state index in [0.717, 1.165) is 3.57 Å². The summed E-state index contributed by atoms with van der Waals surface area (Å²) < 4.78 is 0.944. The molecule has 3 nitrogen and oxygen atoms in total. The minimum Gasteiger partial charge on any atom is -0.291 e. The highest BCUT2D eigenvalue weighted by Gasteiger charge is 2.30. The van der Waals surface area contributed by atoms with Crippen LogP contribution in [0.15, 0.2) is 34.5 Å². The number of carbonyl (C=O) groups is 1. The minimum atomic E-state index is -0.825. The largest absolute Gasteiger partial charge is 0.291 e.